The Hall–Kier alpha value is -3.54. The summed E-state index contributed by atoms with van der Waals surface area (Å²) in [6, 6.07) is 1.85. The van der Waals surface area contributed by atoms with Gasteiger partial charge in [0.15, 0.2) is 5.82 Å². The first-order chi connectivity index (χ1) is 16.6. The Kier molecular flexibility index (Phi) is 6.75. The lowest BCUT2D eigenvalue weighted by Gasteiger charge is -2.37. The van der Waals surface area contributed by atoms with Crippen LogP contribution >= 0.6 is 0 Å². The standard InChI is InChI=1S/C23H26F3N7O2/c1-13-19-21(32(3)20(14(2)35-4)22(34)31-19)30-18(29-13)8-6-16-10-28-33(12-16)11-15-5-7-17(27-9-15)23(24,25)26/h5,7,9-10,12,14,20H,6,8,11H2,1-4H3,(H,31,34)/t14-,20-/m0/s1. The molecule has 0 radical (unpaired) electrons. The molecule has 1 aliphatic heterocycles. The number of halogens is 3. The van der Waals surface area contributed by atoms with E-state index in [0.717, 1.165) is 11.6 Å². The summed E-state index contributed by atoms with van der Waals surface area (Å²) in [6.45, 7) is 3.97. The van der Waals surface area contributed by atoms with Crippen LogP contribution < -0.4 is 10.2 Å². The van der Waals surface area contributed by atoms with E-state index in [4.69, 9.17) is 9.72 Å². The smallest absolute Gasteiger partial charge is 0.379 e. The zero-order valence-electron chi connectivity index (χ0n) is 19.8. The molecule has 1 N–H and O–H groups in total. The molecule has 0 saturated heterocycles. The number of anilines is 2. The summed E-state index contributed by atoms with van der Waals surface area (Å²) in [7, 11) is 3.38. The highest BCUT2D eigenvalue weighted by Crippen LogP contribution is 2.32. The summed E-state index contributed by atoms with van der Waals surface area (Å²) >= 11 is 0. The van der Waals surface area contributed by atoms with E-state index in [9.17, 15) is 18.0 Å². The lowest BCUT2D eigenvalue weighted by Crippen LogP contribution is -2.53. The first-order valence-electron chi connectivity index (χ1n) is 11.0. The van der Waals surface area contributed by atoms with E-state index in [1.807, 2.05) is 32.0 Å². The van der Waals surface area contributed by atoms with E-state index >= 15 is 0 Å². The van der Waals surface area contributed by atoms with Crippen molar-refractivity contribution < 1.29 is 22.7 Å². The van der Waals surface area contributed by atoms with Gasteiger partial charge in [-0.05, 0) is 37.5 Å². The van der Waals surface area contributed by atoms with Crippen LogP contribution in [0.2, 0.25) is 0 Å². The fraction of sp³-hybridized carbons (Fsp3) is 0.435. The molecule has 0 bridgehead atoms. The number of pyridine rings is 1. The lowest BCUT2D eigenvalue weighted by molar-refractivity contribution is -0.141. The molecule has 2 atom stereocenters. The maximum atomic E-state index is 12.7. The van der Waals surface area contributed by atoms with Crippen molar-refractivity contribution in [3.8, 4) is 0 Å². The van der Waals surface area contributed by atoms with Gasteiger partial charge in [-0.1, -0.05) is 6.07 Å². The van der Waals surface area contributed by atoms with Crippen LogP contribution in [0, 0.1) is 6.92 Å². The van der Waals surface area contributed by atoms with Crippen molar-refractivity contribution >= 4 is 17.4 Å². The number of methoxy groups -OCH3 is 1. The molecule has 0 spiro atoms. The number of aryl methyl sites for hydroxylation is 3. The number of ether oxygens (including phenoxy) is 1. The summed E-state index contributed by atoms with van der Waals surface area (Å²) in [4.78, 5) is 27.1. The number of aromatic nitrogens is 5. The Morgan fingerprint density at radius 1 is 1.17 bits per heavy atom. The number of carbonyl (C=O) groups excluding carboxylic acids is 1. The second-order valence-electron chi connectivity index (χ2n) is 8.51. The molecule has 0 aromatic carbocycles. The van der Waals surface area contributed by atoms with Crippen molar-refractivity contribution in [2.24, 2.45) is 0 Å². The fourth-order valence-corrected chi connectivity index (χ4v) is 4.04. The maximum Gasteiger partial charge on any atom is 0.433 e. The molecule has 3 aromatic heterocycles. The predicted molar refractivity (Wildman–Crippen MR) is 122 cm³/mol. The topological polar surface area (TPSA) is 98.1 Å². The molecule has 35 heavy (non-hydrogen) atoms. The number of amides is 1. The number of likely N-dealkylation sites (N-methyl/N-ethyl adjacent to an activating group) is 1. The molecule has 1 aliphatic rings. The van der Waals surface area contributed by atoms with Crippen LogP contribution in [-0.2, 0) is 35.1 Å². The summed E-state index contributed by atoms with van der Waals surface area (Å²) in [5.74, 6) is 1.11. The van der Waals surface area contributed by atoms with Crippen LogP contribution in [0.1, 0.15) is 35.3 Å². The largest absolute Gasteiger partial charge is 0.433 e. The van der Waals surface area contributed by atoms with E-state index in [1.165, 1.54) is 12.3 Å². The van der Waals surface area contributed by atoms with Crippen LogP contribution in [0.15, 0.2) is 30.7 Å². The van der Waals surface area contributed by atoms with Gasteiger partial charge in [0.05, 0.1) is 24.5 Å². The zero-order valence-corrected chi connectivity index (χ0v) is 19.8. The van der Waals surface area contributed by atoms with Crippen molar-refractivity contribution in [2.45, 2.75) is 51.6 Å². The highest BCUT2D eigenvalue weighted by Gasteiger charge is 2.37. The molecule has 0 unspecified atom stereocenters. The molecular weight excluding hydrogens is 463 g/mol. The molecule has 4 heterocycles. The molecule has 3 aromatic rings. The second kappa shape index (κ2) is 9.61. The molecule has 0 fully saturated rings. The van der Waals surface area contributed by atoms with Gasteiger partial charge >= 0.3 is 6.18 Å². The predicted octanol–water partition coefficient (Wildman–Crippen LogP) is 3.02. The lowest BCUT2D eigenvalue weighted by atomic mass is 10.1. The highest BCUT2D eigenvalue weighted by atomic mass is 19.4. The molecule has 1 amide bonds. The number of hydrogen-bond donors (Lipinski definition) is 1. The van der Waals surface area contributed by atoms with Crippen LogP contribution in [0.5, 0.6) is 0 Å². The number of carbonyl (C=O) groups is 1. The van der Waals surface area contributed by atoms with E-state index in [1.54, 1.807) is 18.0 Å². The quantitative estimate of drug-likeness (QED) is 0.545. The minimum atomic E-state index is -4.46. The van der Waals surface area contributed by atoms with Crippen molar-refractivity contribution in [3.63, 3.8) is 0 Å². The van der Waals surface area contributed by atoms with Gasteiger partial charge in [0, 0.05) is 33.0 Å². The van der Waals surface area contributed by atoms with Crippen LogP contribution in [-0.4, -0.2) is 56.9 Å². The SMILES string of the molecule is CO[C@@H](C)[C@H]1C(=O)Nc2c(C)nc(CCc3cnn(Cc4ccc(C(F)(F)F)nc4)c3)nc2N1C. The first-order valence-corrected chi connectivity index (χ1v) is 11.0. The second-order valence-corrected chi connectivity index (χ2v) is 8.51. The zero-order chi connectivity index (χ0) is 25.3. The maximum absolute atomic E-state index is 12.7. The van der Waals surface area contributed by atoms with E-state index < -0.39 is 17.9 Å². The van der Waals surface area contributed by atoms with Gasteiger partial charge in [-0.25, -0.2) is 9.97 Å². The molecule has 0 aliphatic carbocycles. The Morgan fingerprint density at radius 2 is 1.94 bits per heavy atom. The molecular formula is C23H26F3N7O2. The Labute approximate surface area is 200 Å². The first kappa shape index (κ1) is 24.6. The third-order valence-electron chi connectivity index (χ3n) is 5.99. The summed E-state index contributed by atoms with van der Waals surface area (Å²) < 4.78 is 45.1. The molecule has 0 saturated carbocycles. The van der Waals surface area contributed by atoms with Gasteiger partial charge in [0.2, 0.25) is 5.91 Å². The van der Waals surface area contributed by atoms with Crippen molar-refractivity contribution in [1.29, 1.82) is 0 Å². The molecule has 12 heteroatoms. The van der Waals surface area contributed by atoms with Crippen molar-refractivity contribution in [3.05, 3.63) is 59.1 Å². The minimum Gasteiger partial charge on any atom is -0.379 e. The van der Waals surface area contributed by atoms with Gasteiger partial charge in [-0.15, -0.1) is 0 Å². The van der Waals surface area contributed by atoms with Crippen molar-refractivity contribution in [2.75, 3.05) is 24.4 Å². The number of alkyl halides is 3. The van der Waals surface area contributed by atoms with Gasteiger partial charge < -0.3 is 15.0 Å². The van der Waals surface area contributed by atoms with Crippen LogP contribution in [0.3, 0.4) is 0 Å². The Morgan fingerprint density at radius 3 is 2.60 bits per heavy atom. The van der Waals surface area contributed by atoms with E-state index in [2.05, 4.69) is 20.4 Å². The Bertz CT molecular complexity index is 1210. The minimum absolute atomic E-state index is 0.163. The number of rotatable bonds is 7. The average molecular weight is 490 g/mol. The third-order valence-corrected chi connectivity index (χ3v) is 5.99. The Balaban J connectivity index is 1.43. The number of nitrogens with one attached hydrogen (secondary N) is 1. The summed E-state index contributed by atoms with van der Waals surface area (Å²) in [6.07, 6.45) is 1.15. The normalized spacial score (nSPS) is 16.7. The number of fused-ring (bicyclic) bond motifs is 1. The monoisotopic (exact) mass is 489 g/mol. The summed E-state index contributed by atoms with van der Waals surface area (Å²) in [5, 5.41) is 7.19. The number of hydrogen-bond acceptors (Lipinski definition) is 7. The van der Waals surface area contributed by atoms with E-state index in [0.29, 0.717) is 48.0 Å². The molecule has 4 rings (SSSR count). The van der Waals surface area contributed by atoms with Crippen LogP contribution in [0.4, 0.5) is 24.7 Å². The summed E-state index contributed by atoms with van der Waals surface area (Å²) in [5.41, 5.74) is 1.91. The molecule has 186 valence electrons. The van der Waals surface area contributed by atoms with Gasteiger partial charge in [-0.2, -0.15) is 18.3 Å². The number of nitrogens with zero attached hydrogens (tertiary/aromatic N) is 6. The van der Waals surface area contributed by atoms with Crippen molar-refractivity contribution in [1.82, 2.24) is 24.7 Å². The average Bonchev–Trinajstić information content (AvgIpc) is 3.25. The molecule has 9 nitrogen and oxygen atoms in total. The van der Waals surface area contributed by atoms with Gasteiger partial charge in [-0.3, -0.25) is 14.5 Å². The van der Waals surface area contributed by atoms with E-state index in [-0.39, 0.29) is 12.0 Å². The fourth-order valence-electron chi connectivity index (χ4n) is 4.04. The third kappa shape index (κ3) is 5.26. The van der Waals surface area contributed by atoms with Gasteiger partial charge in [0.1, 0.15) is 23.2 Å². The highest BCUT2D eigenvalue weighted by molar-refractivity contribution is 6.03. The van der Waals surface area contributed by atoms with Crippen LogP contribution in [0.25, 0.3) is 0 Å². The van der Waals surface area contributed by atoms with Gasteiger partial charge in [0.25, 0.3) is 0 Å².